The first-order valence-corrected chi connectivity index (χ1v) is 18.1. The minimum absolute atomic E-state index is 0.00825. The van der Waals surface area contributed by atoms with E-state index in [1.54, 1.807) is 21.3 Å². The van der Waals surface area contributed by atoms with Crippen LogP contribution in [0.1, 0.15) is 79.7 Å². The molecule has 0 unspecified atom stereocenters. The summed E-state index contributed by atoms with van der Waals surface area (Å²) >= 11 is 0. The Labute approximate surface area is 295 Å². The molecule has 0 aromatic heterocycles. The molecule has 1 fully saturated rings. The third kappa shape index (κ3) is 11.6. The van der Waals surface area contributed by atoms with Crippen molar-refractivity contribution < 1.29 is 28.7 Å². The number of ether oxygens (including phenoxy) is 2. The first-order chi connectivity index (χ1) is 23.2. The fraction of sp³-hybridized carbons (Fsp3) is 0.737. The molecule has 49 heavy (non-hydrogen) atoms. The van der Waals surface area contributed by atoms with Crippen LogP contribution in [0.5, 0.6) is 0 Å². The molecule has 0 spiro atoms. The van der Waals surface area contributed by atoms with Crippen molar-refractivity contribution in [1.82, 2.24) is 25.8 Å². The zero-order chi connectivity index (χ0) is 36.8. The van der Waals surface area contributed by atoms with E-state index in [1.807, 2.05) is 81.8 Å². The van der Waals surface area contributed by atoms with Gasteiger partial charge in [0, 0.05) is 33.4 Å². The van der Waals surface area contributed by atoms with Crippen molar-refractivity contribution in [1.29, 1.82) is 0 Å². The topological polar surface area (TPSA) is 129 Å². The van der Waals surface area contributed by atoms with Gasteiger partial charge in [0.05, 0.1) is 42.7 Å². The highest BCUT2D eigenvalue weighted by Gasteiger charge is 2.43. The van der Waals surface area contributed by atoms with E-state index in [0.717, 1.165) is 31.2 Å². The number of hydrogen-bond donors (Lipinski definition) is 3. The third-order valence-electron chi connectivity index (χ3n) is 10.3. The maximum Gasteiger partial charge on any atom is 0.244 e. The van der Waals surface area contributed by atoms with E-state index in [0.29, 0.717) is 13.1 Å². The van der Waals surface area contributed by atoms with Crippen LogP contribution in [0.2, 0.25) is 0 Å². The monoisotopic (exact) mass is 687 g/mol. The number of benzene rings is 1. The Balaban J connectivity index is 2.21. The summed E-state index contributed by atoms with van der Waals surface area (Å²) in [7, 11) is 6.81. The van der Waals surface area contributed by atoms with Gasteiger partial charge in [-0.3, -0.25) is 29.4 Å². The van der Waals surface area contributed by atoms with Gasteiger partial charge in [-0.15, -0.1) is 0 Å². The van der Waals surface area contributed by atoms with E-state index in [-0.39, 0.29) is 59.9 Å². The first-order valence-electron chi connectivity index (χ1n) is 18.1. The number of carbonyl (C=O) groups is 4. The molecule has 8 atom stereocenters. The van der Waals surface area contributed by atoms with Crippen molar-refractivity contribution in [3.05, 3.63) is 35.9 Å². The summed E-state index contributed by atoms with van der Waals surface area (Å²) in [4.78, 5) is 57.9. The Morgan fingerprint density at radius 2 is 1.59 bits per heavy atom. The molecule has 1 heterocycles. The number of amides is 4. The Morgan fingerprint density at radius 1 is 0.939 bits per heavy atom. The Kier molecular flexibility index (Phi) is 17.9. The van der Waals surface area contributed by atoms with E-state index in [2.05, 4.69) is 29.8 Å². The number of imide groups is 1. The number of rotatable bonds is 20. The van der Waals surface area contributed by atoms with Crippen molar-refractivity contribution >= 4 is 23.6 Å². The molecule has 0 bridgehead atoms. The number of carbonyl (C=O) groups excluding carboxylic acids is 4. The molecule has 1 aromatic carbocycles. The van der Waals surface area contributed by atoms with Crippen LogP contribution in [0.3, 0.4) is 0 Å². The Morgan fingerprint density at radius 3 is 2.12 bits per heavy atom. The van der Waals surface area contributed by atoms with Crippen LogP contribution in [0, 0.1) is 23.7 Å². The van der Waals surface area contributed by atoms with Crippen molar-refractivity contribution in [3.8, 4) is 0 Å². The normalized spacial score (nSPS) is 19.3. The summed E-state index contributed by atoms with van der Waals surface area (Å²) in [6.07, 6.45) is 2.23. The molecule has 0 aliphatic carbocycles. The highest BCUT2D eigenvalue weighted by atomic mass is 16.5. The molecule has 0 radical (unpaired) electrons. The molecule has 11 nitrogen and oxygen atoms in total. The second-order valence-corrected chi connectivity index (χ2v) is 14.4. The SMILES string of the molecule is CC[C@H](C)[C@@H]([C@@H](CC(=O)N1CCC[C@H]1[C@H](OC)[C@@H](C)C(=O)NCCc1ccccc1)OC)N(C)[C@H](C(=O)NC(=O)[C@@H](NC)C(C)C)C(C)C. The second-order valence-electron chi connectivity index (χ2n) is 14.4. The third-order valence-corrected chi connectivity index (χ3v) is 10.3. The lowest BCUT2D eigenvalue weighted by molar-refractivity contribution is -0.144. The van der Waals surface area contributed by atoms with Gasteiger partial charge in [0.25, 0.3) is 0 Å². The van der Waals surface area contributed by atoms with E-state index in [1.165, 1.54) is 0 Å². The maximum atomic E-state index is 14.1. The number of nitrogens with zero attached hydrogens (tertiary/aromatic N) is 2. The predicted molar refractivity (Wildman–Crippen MR) is 194 cm³/mol. The number of likely N-dealkylation sites (tertiary alicyclic amines) is 1. The Hall–Kier alpha value is -2.86. The van der Waals surface area contributed by atoms with Gasteiger partial charge in [0.2, 0.25) is 23.6 Å². The lowest BCUT2D eigenvalue weighted by atomic mass is 9.87. The number of nitrogens with one attached hydrogen (secondary N) is 3. The smallest absolute Gasteiger partial charge is 0.244 e. The van der Waals surface area contributed by atoms with Crippen molar-refractivity contribution in [3.63, 3.8) is 0 Å². The summed E-state index contributed by atoms with van der Waals surface area (Å²) in [5.74, 6) is -1.37. The minimum Gasteiger partial charge on any atom is -0.379 e. The van der Waals surface area contributed by atoms with E-state index < -0.39 is 30.2 Å². The first kappa shape index (κ1) is 42.3. The largest absolute Gasteiger partial charge is 0.379 e. The van der Waals surface area contributed by atoms with Gasteiger partial charge in [-0.05, 0) is 56.7 Å². The summed E-state index contributed by atoms with van der Waals surface area (Å²) in [6, 6.07) is 8.37. The molecule has 1 saturated heterocycles. The standard InChI is InChI=1S/C38H65N5O6/c1-12-26(6)34(42(9)33(25(4)5)38(47)41-37(46)32(39-8)24(2)3)30(48-10)23-31(44)43-22-16-19-29(43)35(49-11)27(7)36(45)40-21-20-28-17-14-13-15-18-28/h13-15,17-18,24-27,29-30,32-35,39H,12,16,19-23H2,1-11H3,(H,40,45)(H,41,46,47)/t26-,27+,29-,30+,32-,33-,34-,35+/m0/s1. The van der Waals surface area contributed by atoms with Gasteiger partial charge in [0.1, 0.15) is 0 Å². The van der Waals surface area contributed by atoms with Gasteiger partial charge in [0.15, 0.2) is 0 Å². The molecule has 1 aliphatic heterocycles. The van der Waals surface area contributed by atoms with E-state index in [9.17, 15) is 19.2 Å². The highest BCUT2D eigenvalue weighted by molar-refractivity contribution is 6.00. The minimum atomic E-state index is -0.626. The zero-order valence-corrected chi connectivity index (χ0v) is 32.0. The summed E-state index contributed by atoms with van der Waals surface area (Å²) in [6.45, 7) is 14.9. The van der Waals surface area contributed by atoms with Gasteiger partial charge < -0.3 is 25.0 Å². The van der Waals surface area contributed by atoms with Crippen LogP contribution >= 0.6 is 0 Å². The average Bonchev–Trinajstić information content (AvgIpc) is 3.54. The van der Waals surface area contributed by atoms with Crippen molar-refractivity contribution in [2.75, 3.05) is 41.4 Å². The van der Waals surface area contributed by atoms with Crippen LogP contribution in [0.15, 0.2) is 30.3 Å². The molecular weight excluding hydrogens is 622 g/mol. The molecule has 0 saturated carbocycles. The lowest BCUT2D eigenvalue weighted by Gasteiger charge is -2.43. The predicted octanol–water partition coefficient (Wildman–Crippen LogP) is 3.65. The molecule has 3 N–H and O–H groups in total. The number of likely N-dealkylation sites (N-methyl/N-ethyl adjacent to an activating group) is 2. The quantitative estimate of drug-likeness (QED) is 0.190. The molecule has 11 heteroatoms. The molecule has 278 valence electrons. The van der Waals surface area contributed by atoms with Crippen LogP contribution in [0.4, 0.5) is 0 Å². The van der Waals surface area contributed by atoms with Gasteiger partial charge in [-0.1, -0.05) is 85.2 Å². The lowest BCUT2D eigenvalue weighted by Crippen LogP contribution is -2.60. The number of methoxy groups -OCH3 is 2. The summed E-state index contributed by atoms with van der Waals surface area (Å²) in [5, 5.41) is 8.70. The molecule has 1 aromatic rings. The van der Waals surface area contributed by atoms with Gasteiger partial charge in [-0.2, -0.15) is 0 Å². The number of hydrogen-bond acceptors (Lipinski definition) is 8. The highest BCUT2D eigenvalue weighted by Crippen LogP contribution is 2.30. The van der Waals surface area contributed by atoms with Crippen LogP contribution in [-0.4, -0.2) is 111 Å². The van der Waals surface area contributed by atoms with E-state index >= 15 is 0 Å². The summed E-state index contributed by atoms with van der Waals surface area (Å²) < 4.78 is 12.0. The molecular formula is C38H65N5O6. The average molecular weight is 688 g/mol. The van der Waals surface area contributed by atoms with Crippen LogP contribution in [0.25, 0.3) is 0 Å². The van der Waals surface area contributed by atoms with Crippen LogP contribution < -0.4 is 16.0 Å². The Bertz CT molecular complexity index is 1180. The molecule has 1 aliphatic rings. The van der Waals surface area contributed by atoms with Gasteiger partial charge >= 0.3 is 0 Å². The van der Waals surface area contributed by atoms with Crippen molar-refractivity contribution in [2.45, 2.75) is 117 Å². The summed E-state index contributed by atoms with van der Waals surface area (Å²) in [5.41, 5.74) is 1.16. The van der Waals surface area contributed by atoms with Gasteiger partial charge in [-0.25, -0.2) is 0 Å². The fourth-order valence-corrected chi connectivity index (χ4v) is 7.51. The van der Waals surface area contributed by atoms with Crippen molar-refractivity contribution in [2.24, 2.45) is 23.7 Å². The zero-order valence-electron chi connectivity index (χ0n) is 32.0. The van der Waals surface area contributed by atoms with E-state index in [4.69, 9.17) is 9.47 Å². The molecule has 2 rings (SSSR count). The second kappa shape index (κ2) is 20.7. The van der Waals surface area contributed by atoms with Crippen LogP contribution in [-0.2, 0) is 35.1 Å². The molecule has 4 amide bonds. The fourth-order valence-electron chi connectivity index (χ4n) is 7.51. The maximum absolute atomic E-state index is 14.1.